The van der Waals surface area contributed by atoms with Crippen LogP contribution in [-0.2, 0) is 23.7 Å². The zero-order valence-corrected chi connectivity index (χ0v) is 45.4. The Balaban J connectivity index is 1.14. The summed E-state index contributed by atoms with van der Waals surface area (Å²) in [6.07, 6.45) is 8.16. The SMILES string of the molecule is CC(C)(C)c1ccc(N2c3cc4c(cc3B3c5ccc(-c6ccccc6)cc5N(c5cccc(-c6ccccc6)c5)c5cc(N6c7ccccc7C(C)(C)C7(C)CCCCC67C)cc2c53)CCC4)c(-c2ccccc2)c1. The molecule has 1 fully saturated rings. The Hall–Kier alpha value is -7.56. The highest BCUT2D eigenvalue weighted by Gasteiger charge is 2.62. The zero-order chi connectivity index (χ0) is 51.7. The normalized spacial score (nSPS) is 19.8. The Morgan fingerprint density at radius 2 is 1.03 bits per heavy atom. The summed E-state index contributed by atoms with van der Waals surface area (Å²) in [7, 11) is 0. The number of rotatable bonds is 6. The van der Waals surface area contributed by atoms with Gasteiger partial charge in [0.05, 0.1) is 5.69 Å². The van der Waals surface area contributed by atoms with Crippen LogP contribution in [0, 0.1) is 5.41 Å². The Morgan fingerprint density at radius 3 is 1.74 bits per heavy atom. The van der Waals surface area contributed by atoms with Crippen LogP contribution in [0.2, 0.25) is 0 Å². The summed E-state index contributed by atoms with van der Waals surface area (Å²) < 4.78 is 0. The van der Waals surface area contributed by atoms with Crippen LogP contribution >= 0.6 is 0 Å². The molecule has 4 heteroatoms. The minimum absolute atomic E-state index is 0.0123. The summed E-state index contributed by atoms with van der Waals surface area (Å²) >= 11 is 0. The van der Waals surface area contributed by atoms with Gasteiger partial charge < -0.3 is 14.7 Å². The van der Waals surface area contributed by atoms with Crippen LogP contribution in [0.3, 0.4) is 0 Å². The van der Waals surface area contributed by atoms with Gasteiger partial charge in [-0.3, -0.25) is 0 Å². The minimum Gasteiger partial charge on any atom is -0.335 e. The Labute approximate surface area is 452 Å². The molecule has 0 spiro atoms. The van der Waals surface area contributed by atoms with Gasteiger partial charge in [-0.1, -0.05) is 200 Å². The van der Waals surface area contributed by atoms with E-state index >= 15 is 0 Å². The van der Waals surface area contributed by atoms with Gasteiger partial charge in [0.2, 0.25) is 0 Å². The Morgan fingerprint density at radius 1 is 0.421 bits per heavy atom. The lowest BCUT2D eigenvalue weighted by Gasteiger charge is -2.66. The van der Waals surface area contributed by atoms with E-state index in [1.807, 2.05) is 0 Å². The molecule has 0 saturated heterocycles. The van der Waals surface area contributed by atoms with Gasteiger partial charge in [0.15, 0.2) is 0 Å². The molecule has 1 saturated carbocycles. The van der Waals surface area contributed by atoms with Crippen LogP contribution in [0.5, 0.6) is 0 Å². The maximum Gasteiger partial charge on any atom is 0.252 e. The third kappa shape index (κ3) is 6.94. The largest absolute Gasteiger partial charge is 0.335 e. The van der Waals surface area contributed by atoms with Crippen LogP contribution < -0.4 is 31.1 Å². The average Bonchev–Trinajstić information content (AvgIpc) is 3.91. The summed E-state index contributed by atoms with van der Waals surface area (Å²) in [5.74, 6) is 0. The summed E-state index contributed by atoms with van der Waals surface area (Å²) in [5, 5.41) is 0. The first-order chi connectivity index (χ1) is 36.8. The van der Waals surface area contributed by atoms with E-state index in [0.717, 1.165) is 24.9 Å². The molecular weight excluding hydrogens is 918 g/mol. The number of hydrogen-bond donors (Lipinski definition) is 0. The third-order valence-corrected chi connectivity index (χ3v) is 19.5. The van der Waals surface area contributed by atoms with Gasteiger partial charge in [0.1, 0.15) is 0 Å². The monoisotopic (exact) mass is 986 g/mol. The highest BCUT2D eigenvalue weighted by molar-refractivity contribution is 7.00. The highest BCUT2D eigenvalue weighted by Crippen LogP contribution is 2.66. The van der Waals surface area contributed by atoms with Gasteiger partial charge in [-0.05, 0) is 171 Å². The van der Waals surface area contributed by atoms with Crippen LogP contribution in [0.15, 0.2) is 200 Å². The fraction of sp³-hybridized carbons (Fsp3) is 0.250. The predicted molar refractivity (Wildman–Crippen MR) is 324 cm³/mol. The number of benzene rings is 9. The molecule has 0 N–H and O–H groups in total. The number of anilines is 8. The second-order valence-electron chi connectivity index (χ2n) is 24.7. The van der Waals surface area contributed by atoms with E-state index < -0.39 is 0 Å². The van der Waals surface area contributed by atoms with E-state index in [1.165, 1.54) is 138 Å². The van der Waals surface area contributed by atoms with Gasteiger partial charge in [0, 0.05) is 56.3 Å². The molecule has 0 amide bonds. The zero-order valence-electron chi connectivity index (χ0n) is 45.4. The first-order valence-corrected chi connectivity index (χ1v) is 28.2. The van der Waals surface area contributed by atoms with Crippen molar-refractivity contribution in [2.45, 2.75) is 110 Å². The molecule has 9 aromatic rings. The molecule has 2 atom stereocenters. The average molecular weight is 986 g/mol. The summed E-state index contributed by atoms with van der Waals surface area (Å²) in [6.45, 7) is 17.4. The van der Waals surface area contributed by atoms with Gasteiger partial charge in [-0.2, -0.15) is 0 Å². The molecule has 14 rings (SSSR count). The molecule has 0 aromatic heterocycles. The number of nitrogens with zero attached hydrogens (tertiary/aromatic N) is 3. The fourth-order valence-corrected chi connectivity index (χ4v) is 15.0. The number of hydrogen-bond acceptors (Lipinski definition) is 3. The van der Waals surface area contributed by atoms with Crippen LogP contribution in [0.4, 0.5) is 45.5 Å². The maximum atomic E-state index is 2.85. The molecule has 5 aliphatic rings. The molecule has 0 radical (unpaired) electrons. The van der Waals surface area contributed by atoms with Crippen molar-refractivity contribution < 1.29 is 0 Å². The van der Waals surface area contributed by atoms with E-state index in [1.54, 1.807) is 0 Å². The molecule has 2 unspecified atom stereocenters. The first-order valence-electron chi connectivity index (χ1n) is 28.2. The van der Waals surface area contributed by atoms with Crippen molar-refractivity contribution in [3.8, 4) is 33.4 Å². The van der Waals surface area contributed by atoms with Gasteiger partial charge in [0.25, 0.3) is 6.71 Å². The van der Waals surface area contributed by atoms with Crippen molar-refractivity contribution in [1.82, 2.24) is 0 Å². The Bertz CT molecular complexity index is 3760. The van der Waals surface area contributed by atoms with Crippen molar-refractivity contribution in [1.29, 1.82) is 0 Å². The van der Waals surface area contributed by atoms with Crippen LogP contribution in [0.1, 0.15) is 103 Å². The maximum absolute atomic E-state index is 2.85. The van der Waals surface area contributed by atoms with Crippen LogP contribution in [0.25, 0.3) is 33.4 Å². The molecule has 374 valence electrons. The Kier molecular flexibility index (Phi) is 10.6. The van der Waals surface area contributed by atoms with Crippen molar-refractivity contribution in [3.63, 3.8) is 0 Å². The van der Waals surface area contributed by atoms with Gasteiger partial charge >= 0.3 is 0 Å². The van der Waals surface area contributed by atoms with Crippen molar-refractivity contribution in [2.75, 3.05) is 14.7 Å². The molecule has 2 aliphatic carbocycles. The summed E-state index contributed by atoms with van der Waals surface area (Å²) in [4.78, 5) is 8.24. The molecule has 3 nitrogen and oxygen atoms in total. The van der Waals surface area contributed by atoms with E-state index in [-0.39, 0.29) is 28.5 Å². The molecule has 76 heavy (non-hydrogen) atoms. The lowest BCUT2D eigenvalue weighted by Crippen LogP contribution is -2.67. The second-order valence-corrected chi connectivity index (χ2v) is 24.7. The van der Waals surface area contributed by atoms with Crippen LogP contribution in [-0.4, -0.2) is 12.3 Å². The topological polar surface area (TPSA) is 9.72 Å². The standard InChI is InChI=1S/C72H68BN3/c1-69(2,3)55-36-38-62(58(45-55)50-27-15-10-16-28-50)75-65-43-53-30-21-29-52(53)42-61(65)73-60-37-35-54(49-25-13-9-14-26-49)44-64(60)74(56-32-22-31-51(41-56)48-23-11-8-12-24-48)66-46-57(47-67(75)68(66)73)76-63-34-18-17-33-59(63)70(4,5)71(6)39-19-20-40-72(71,76)7/h8-18,22-28,31-38,41-47H,19-21,29-30,39-40H2,1-7H3. The summed E-state index contributed by atoms with van der Waals surface area (Å²) in [5.41, 5.74) is 26.9. The number of fused-ring (bicyclic) bond motifs is 7. The first kappa shape index (κ1) is 46.9. The molecular formula is C72H68BN3. The number of para-hydroxylation sites is 1. The predicted octanol–water partition coefficient (Wildman–Crippen LogP) is 17.3. The second kappa shape index (κ2) is 17.2. The minimum atomic E-state index is -0.184. The molecule has 3 aliphatic heterocycles. The van der Waals surface area contributed by atoms with E-state index in [0.29, 0.717) is 0 Å². The highest BCUT2D eigenvalue weighted by atomic mass is 15.3. The van der Waals surface area contributed by atoms with E-state index in [9.17, 15) is 0 Å². The van der Waals surface area contributed by atoms with E-state index in [4.69, 9.17) is 0 Å². The number of aryl methyl sites for hydroxylation is 2. The summed E-state index contributed by atoms with van der Waals surface area (Å²) in [6, 6.07) is 77.2. The lowest BCUT2D eigenvalue weighted by molar-refractivity contribution is 0.0106. The lowest BCUT2D eigenvalue weighted by atomic mass is 9.33. The van der Waals surface area contributed by atoms with Crippen molar-refractivity contribution in [2.24, 2.45) is 5.41 Å². The fourth-order valence-electron chi connectivity index (χ4n) is 15.0. The van der Waals surface area contributed by atoms with Gasteiger partial charge in [-0.25, -0.2) is 0 Å². The smallest absolute Gasteiger partial charge is 0.252 e. The van der Waals surface area contributed by atoms with Gasteiger partial charge in [-0.15, -0.1) is 0 Å². The van der Waals surface area contributed by atoms with E-state index in [2.05, 4.69) is 263 Å². The quantitative estimate of drug-likeness (QED) is 0.154. The molecule has 0 bridgehead atoms. The molecule has 3 heterocycles. The van der Waals surface area contributed by atoms with Crippen molar-refractivity contribution in [3.05, 3.63) is 222 Å². The van der Waals surface area contributed by atoms with Crippen molar-refractivity contribution >= 4 is 68.6 Å². The third-order valence-electron chi connectivity index (χ3n) is 19.5. The molecule has 9 aromatic carbocycles.